The minimum absolute atomic E-state index is 0.298. The second-order valence-corrected chi connectivity index (χ2v) is 5.04. The summed E-state index contributed by atoms with van der Waals surface area (Å²) >= 11 is 0. The highest BCUT2D eigenvalue weighted by Gasteiger charge is 2.15. The molecule has 3 rings (SSSR count). The van der Waals surface area contributed by atoms with Crippen molar-refractivity contribution in [2.24, 2.45) is 0 Å². The molecular formula is C16H18N2O. The van der Waals surface area contributed by atoms with Crippen LogP contribution in [0, 0.1) is 0 Å². The van der Waals surface area contributed by atoms with Gasteiger partial charge in [0.15, 0.2) is 0 Å². The average Bonchev–Trinajstić information content (AvgIpc) is 2.93. The summed E-state index contributed by atoms with van der Waals surface area (Å²) in [5, 5.41) is 10.0. The lowest BCUT2D eigenvalue weighted by atomic mass is 9.91. The zero-order valence-electron chi connectivity index (χ0n) is 10.9. The van der Waals surface area contributed by atoms with Crippen LogP contribution in [0.2, 0.25) is 0 Å². The third kappa shape index (κ3) is 2.76. The van der Waals surface area contributed by atoms with Crippen molar-refractivity contribution in [3.05, 3.63) is 60.2 Å². The fourth-order valence-electron chi connectivity index (χ4n) is 2.56. The van der Waals surface area contributed by atoms with Gasteiger partial charge in [-0.15, -0.1) is 0 Å². The number of imidazole rings is 1. The fraction of sp³-hybridized carbons (Fsp3) is 0.312. The van der Waals surface area contributed by atoms with Gasteiger partial charge in [-0.3, -0.25) is 0 Å². The van der Waals surface area contributed by atoms with Crippen molar-refractivity contribution in [2.45, 2.75) is 31.9 Å². The van der Waals surface area contributed by atoms with Gasteiger partial charge in [0.25, 0.3) is 0 Å². The van der Waals surface area contributed by atoms with Crippen molar-refractivity contribution in [2.75, 3.05) is 0 Å². The Morgan fingerprint density at radius 1 is 1.26 bits per heavy atom. The molecule has 2 aromatic rings. The molecule has 1 atom stereocenters. The Labute approximate surface area is 113 Å². The molecule has 1 heterocycles. The molecule has 0 fully saturated rings. The van der Waals surface area contributed by atoms with Gasteiger partial charge in [-0.25, -0.2) is 4.98 Å². The van der Waals surface area contributed by atoms with Gasteiger partial charge in [-0.2, -0.15) is 0 Å². The van der Waals surface area contributed by atoms with Gasteiger partial charge in [0, 0.05) is 18.9 Å². The molecule has 0 aliphatic heterocycles. The molecule has 3 nitrogen and oxygen atoms in total. The lowest BCUT2D eigenvalue weighted by Crippen LogP contribution is -2.12. The van der Waals surface area contributed by atoms with Gasteiger partial charge in [0.05, 0.1) is 12.4 Å². The average molecular weight is 254 g/mol. The van der Waals surface area contributed by atoms with Crippen molar-refractivity contribution in [1.29, 1.82) is 0 Å². The lowest BCUT2D eigenvalue weighted by Gasteiger charge is -2.19. The Morgan fingerprint density at radius 3 is 2.79 bits per heavy atom. The van der Waals surface area contributed by atoms with Crippen LogP contribution in [0.25, 0.3) is 5.57 Å². The van der Waals surface area contributed by atoms with E-state index in [1.54, 1.807) is 6.20 Å². The molecule has 1 aliphatic carbocycles. The van der Waals surface area contributed by atoms with Gasteiger partial charge in [0.1, 0.15) is 0 Å². The third-order valence-corrected chi connectivity index (χ3v) is 3.62. The molecule has 19 heavy (non-hydrogen) atoms. The summed E-state index contributed by atoms with van der Waals surface area (Å²) in [6.45, 7) is 0.835. The summed E-state index contributed by atoms with van der Waals surface area (Å²) in [6.07, 6.45) is 10.5. The van der Waals surface area contributed by atoms with Crippen molar-refractivity contribution >= 4 is 5.57 Å². The molecule has 98 valence electrons. The summed E-state index contributed by atoms with van der Waals surface area (Å²) in [4.78, 5) is 4.04. The standard InChI is InChI=1S/C16H18N2O/c19-16-4-2-1-3-15(16)14-7-5-13(6-8-14)11-18-10-9-17-12-18/h3,5-10,12,16,19H,1-2,4,11H2/t16-/m0/s1. The topological polar surface area (TPSA) is 38.0 Å². The molecular weight excluding hydrogens is 236 g/mol. The highest BCUT2D eigenvalue weighted by atomic mass is 16.3. The third-order valence-electron chi connectivity index (χ3n) is 3.62. The van der Waals surface area contributed by atoms with E-state index < -0.39 is 0 Å². The molecule has 3 heteroatoms. The number of aliphatic hydroxyl groups is 1. The summed E-state index contributed by atoms with van der Waals surface area (Å²) < 4.78 is 2.05. The van der Waals surface area contributed by atoms with Crippen LogP contribution in [-0.2, 0) is 6.54 Å². The minimum atomic E-state index is -0.298. The van der Waals surface area contributed by atoms with Crippen molar-refractivity contribution in [1.82, 2.24) is 9.55 Å². The van der Waals surface area contributed by atoms with E-state index in [2.05, 4.69) is 35.3 Å². The number of benzene rings is 1. The highest BCUT2D eigenvalue weighted by molar-refractivity contribution is 5.69. The van der Waals surface area contributed by atoms with Crippen molar-refractivity contribution in [3.8, 4) is 0 Å². The Bertz CT molecular complexity index is 555. The molecule has 0 saturated carbocycles. The van der Waals surface area contributed by atoms with E-state index in [-0.39, 0.29) is 6.10 Å². The van der Waals surface area contributed by atoms with Crippen molar-refractivity contribution in [3.63, 3.8) is 0 Å². The molecule has 1 aromatic heterocycles. The SMILES string of the molecule is O[C@H]1CCCC=C1c1ccc(Cn2ccnc2)cc1. The van der Waals surface area contributed by atoms with E-state index in [0.717, 1.165) is 36.9 Å². The van der Waals surface area contributed by atoms with E-state index in [4.69, 9.17) is 0 Å². The van der Waals surface area contributed by atoms with Gasteiger partial charge in [0.2, 0.25) is 0 Å². The van der Waals surface area contributed by atoms with Crippen LogP contribution in [-0.4, -0.2) is 20.8 Å². The van der Waals surface area contributed by atoms with Gasteiger partial charge >= 0.3 is 0 Å². The first-order valence-electron chi connectivity index (χ1n) is 6.76. The summed E-state index contributed by atoms with van der Waals surface area (Å²) in [5.41, 5.74) is 3.47. The molecule has 0 spiro atoms. The van der Waals surface area contributed by atoms with Crippen molar-refractivity contribution < 1.29 is 5.11 Å². The number of allylic oxidation sites excluding steroid dienone is 1. The first-order chi connectivity index (χ1) is 9.33. The summed E-state index contributed by atoms with van der Waals surface area (Å²) in [7, 11) is 0. The van der Waals surface area contributed by atoms with Crippen LogP contribution in [0.1, 0.15) is 30.4 Å². The molecule has 0 amide bonds. The Kier molecular flexibility index (Phi) is 3.47. The van der Waals surface area contributed by atoms with Gasteiger partial charge < -0.3 is 9.67 Å². The van der Waals surface area contributed by atoms with Crippen LogP contribution >= 0.6 is 0 Å². The Balaban J connectivity index is 1.77. The molecule has 1 aromatic carbocycles. The van der Waals surface area contributed by atoms with Crippen LogP contribution in [0.3, 0.4) is 0 Å². The minimum Gasteiger partial charge on any atom is -0.388 e. The maximum atomic E-state index is 10.0. The molecule has 1 N–H and O–H groups in total. The van der Waals surface area contributed by atoms with Gasteiger partial charge in [-0.05, 0) is 36.0 Å². The largest absolute Gasteiger partial charge is 0.388 e. The molecule has 1 aliphatic rings. The van der Waals surface area contributed by atoms with Crippen LogP contribution in [0.5, 0.6) is 0 Å². The zero-order valence-corrected chi connectivity index (χ0v) is 10.9. The lowest BCUT2D eigenvalue weighted by molar-refractivity contribution is 0.214. The molecule has 0 radical (unpaired) electrons. The second-order valence-electron chi connectivity index (χ2n) is 5.04. The van der Waals surface area contributed by atoms with Crippen LogP contribution in [0.4, 0.5) is 0 Å². The molecule has 0 bridgehead atoms. The van der Waals surface area contributed by atoms with E-state index in [0.29, 0.717) is 0 Å². The van der Waals surface area contributed by atoms with Crippen LogP contribution in [0.15, 0.2) is 49.1 Å². The predicted molar refractivity (Wildman–Crippen MR) is 75.6 cm³/mol. The maximum absolute atomic E-state index is 10.0. The number of rotatable bonds is 3. The second kappa shape index (κ2) is 5.41. The number of aliphatic hydroxyl groups excluding tert-OH is 1. The zero-order chi connectivity index (χ0) is 13.1. The van der Waals surface area contributed by atoms with Gasteiger partial charge in [-0.1, -0.05) is 30.3 Å². The summed E-state index contributed by atoms with van der Waals surface area (Å²) in [6, 6.07) is 8.45. The fourth-order valence-corrected chi connectivity index (χ4v) is 2.56. The quantitative estimate of drug-likeness (QED) is 0.914. The Morgan fingerprint density at radius 2 is 2.11 bits per heavy atom. The molecule has 0 unspecified atom stereocenters. The van der Waals surface area contributed by atoms with E-state index >= 15 is 0 Å². The number of nitrogens with zero attached hydrogens (tertiary/aromatic N) is 2. The smallest absolute Gasteiger partial charge is 0.0949 e. The number of hydrogen-bond donors (Lipinski definition) is 1. The summed E-state index contributed by atoms with van der Waals surface area (Å²) in [5.74, 6) is 0. The van der Waals surface area contributed by atoms with Crippen LogP contribution < -0.4 is 0 Å². The highest BCUT2D eigenvalue weighted by Crippen LogP contribution is 2.27. The maximum Gasteiger partial charge on any atom is 0.0949 e. The predicted octanol–water partition coefficient (Wildman–Crippen LogP) is 2.86. The van der Waals surface area contributed by atoms with E-state index in [9.17, 15) is 5.11 Å². The monoisotopic (exact) mass is 254 g/mol. The first-order valence-corrected chi connectivity index (χ1v) is 6.76. The number of aromatic nitrogens is 2. The normalized spacial score (nSPS) is 19.2. The van der Waals surface area contributed by atoms with E-state index in [1.807, 2.05) is 17.1 Å². The number of hydrogen-bond acceptors (Lipinski definition) is 2. The molecule has 0 saturated heterocycles. The first kappa shape index (κ1) is 12.2. The Hall–Kier alpha value is -1.87. The van der Waals surface area contributed by atoms with E-state index in [1.165, 1.54) is 5.56 Å².